The van der Waals surface area contributed by atoms with Crippen molar-refractivity contribution < 1.29 is 23.5 Å². The lowest BCUT2D eigenvalue weighted by atomic mass is 10.1. The molecule has 0 spiro atoms. The van der Waals surface area contributed by atoms with Crippen molar-refractivity contribution in [1.82, 2.24) is 5.32 Å². The number of nitrogens with one attached hydrogen (secondary N) is 1. The number of carbonyl (C=O) groups excluding carboxylic acids is 2. The van der Waals surface area contributed by atoms with Crippen molar-refractivity contribution in [3.05, 3.63) is 35.7 Å². The lowest BCUT2D eigenvalue weighted by Gasteiger charge is -2.22. The van der Waals surface area contributed by atoms with Crippen molar-refractivity contribution in [2.45, 2.75) is 25.8 Å². The maximum Gasteiger partial charge on any atom is 0.414 e. The number of allylic oxidation sites excluding steroid dienone is 1. The van der Waals surface area contributed by atoms with E-state index in [4.69, 9.17) is 9.47 Å². The van der Waals surface area contributed by atoms with E-state index in [-0.39, 0.29) is 25.1 Å². The molecule has 2 aliphatic rings. The molecule has 2 amide bonds. The number of amides is 2. The van der Waals surface area contributed by atoms with Gasteiger partial charge in [0.25, 0.3) is 0 Å². The third kappa shape index (κ3) is 3.34. The number of halogens is 1. The first-order valence-corrected chi connectivity index (χ1v) is 7.89. The van der Waals surface area contributed by atoms with Gasteiger partial charge >= 0.3 is 6.09 Å². The fourth-order valence-electron chi connectivity index (χ4n) is 2.79. The average Bonchev–Trinajstić information content (AvgIpc) is 2.94. The van der Waals surface area contributed by atoms with Gasteiger partial charge in [0.2, 0.25) is 5.91 Å². The molecule has 128 valence electrons. The van der Waals surface area contributed by atoms with E-state index in [1.165, 1.54) is 17.9 Å². The first-order valence-electron chi connectivity index (χ1n) is 7.89. The van der Waals surface area contributed by atoms with Crippen molar-refractivity contribution in [1.29, 1.82) is 0 Å². The minimum absolute atomic E-state index is 0.150. The number of rotatable bonds is 4. The summed E-state index contributed by atoms with van der Waals surface area (Å²) in [6, 6.07) is 4.19. The van der Waals surface area contributed by atoms with E-state index in [0.717, 1.165) is 12.8 Å². The first-order chi connectivity index (χ1) is 11.6. The van der Waals surface area contributed by atoms with Crippen LogP contribution in [0.4, 0.5) is 14.9 Å². The molecular formula is C17H19FN2O4. The lowest BCUT2D eigenvalue weighted by molar-refractivity contribution is -0.119. The first kappa shape index (κ1) is 16.3. The van der Waals surface area contributed by atoms with Gasteiger partial charge in [0, 0.05) is 13.5 Å². The smallest absolute Gasteiger partial charge is 0.414 e. The lowest BCUT2D eigenvalue weighted by Crippen LogP contribution is -2.42. The minimum Gasteiger partial charge on any atom is -0.493 e. The zero-order chi connectivity index (χ0) is 17.1. The third-order valence-electron chi connectivity index (χ3n) is 3.98. The summed E-state index contributed by atoms with van der Waals surface area (Å²) in [6.45, 7) is 2.37. The Morgan fingerprint density at radius 3 is 2.92 bits per heavy atom. The van der Waals surface area contributed by atoms with Crippen LogP contribution >= 0.6 is 0 Å². The van der Waals surface area contributed by atoms with Gasteiger partial charge in [-0.05, 0) is 37.1 Å². The van der Waals surface area contributed by atoms with Gasteiger partial charge in [0.05, 0.1) is 23.9 Å². The molecule has 1 atom stereocenters. The van der Waals surface area contributed by atoms with Crippen molar-refractivity contribution in [2.75, 3.05) is 24.7 Å². The van der Waals surface area contributed by atoms with Gasteiger partial charge in [-0.15, -0.1) is 0 Å². The Bertz CT molecular complexity index is 689. The van der Waals surface area contributed by atoms with Crippen molar-refractivity contribution in [3.63, 3.8) is 0 Å². The van der Waals surface area contributed by atoms with Crippen LogP contribution in [0.5, 0.6) is 0 Å². The molecule has 0 radical (unpaired) electrons. The second-order valence-electron chi connectivity index (χ2n) is 5.76. The third-order valence-corrected chi connectivity index (χ3v) is 3.98. The van der Waals surface area contributed by atoms with E-state index in [0.29, 0.717) is 23.6 Å². The maximum absolute atomic E-state index is 14.5. The summed E-state index contributed by atoms with van der Waals surface area (Å²) in [5, 5.41) is 2.65. The molecular weight excluding hydrogens is 315 g/mol. The van der Waals surface area contributed by atoms with E-state index in [1.54, 1.807) is 12.1 Å². The molecule has 6 nitrogen and oxygen atoms in total. The largest absolute Gasteiger partial charge is 0.493 e. The molecule has 1 fully saturated rings. The minimum atomic E-state index is -0.550. The Kier molecular flexibility index (Phi) is 4.69. The molecule has 1 N–H and O–H groups in total. The summed E-state index contributed by atoms with van der Waals surface area (Å²) in [5.74, 6) is -0.125. The van der Waals surface area contributed by atoms with Crippen LogP contribution in [0, 0.1) is 5.82 Å². The Labute approximate surface area is 139 Å². The summed E-state index contributed by atoms with van der Waals surface area (Å²) in [6.07, 6.45) is 3.10. The molecule has 0 bridgehead atoms. The molecule has 0 aliphatic carbocycles. The van der Waals surface area contributed by atoms with Crippen LogP contribution in [0.2, 0.25) is 0 Å². The summed E-state index contributed by atoms with van der Waals surface area (Å²) in [7, 11) is 0. The van der Waals surface area contributed by atoms with Crippen molar-refractivity contribution in [2.24, 2.45) is 0 Å². The van der Waals surface area contributed by atoms with E-state index in [2.05, 4.69) is 5.32 Å². The van der Waals surface area contributed by atoms with Crippen LogP contribution in [-0.4, -0.2) is 37.8 Å². The molecule has 7 heteroatoms. The van der Waals surface area contributed by atoms with Crippen LogP contribution in [0.25, 0.3) is 5.76 Å². The summed E-state index contributed by atoms with van der Waals surface area (Å²) in [4.78, 5) is 24.4. The topological polar surface area (TPSA) is 67.9 Å². The number of hydrogen-bond acceptors (Lipinski definition) is 4. The highest BCUT2D eigenvalue weighted by molar-refractivity contribution is 5.90. The fourth-order valence-corrected chi connectivity index (χ4v) is 2.79. The number of carbonyl (C=O) groups is 2. The number of hydrogen-bond donors (Lipinski definition) is 1. The van der Waals surface area contributed by atoms with Crippen LogP contribution in [0.15, 0.2) is 24.3 Å². The van der Waals surface area contributed by atoms with E-state index >= 15 is 0 Å². The number of anilines is 1. The van der Waals surface area contributed by atoms with E-state index in [1.807, 2.05) is 6.08 Å². The number of nitrogens with zero attached hydrogens (tertiary/aromatic N) is 1. The zero-order valence-electron chi connectivity index (χ0n) is 13.4. The molecule has 3 rings (SSSR count). The highest BCUT2D eigenvalue weighted by Gasteiger charge is 2.34. The quantitative estimate of drug-likeness (QED) is 0.918. The van der Waals surface area contributed by atoms with E-state index < -0.39 is 11.9 Å². The number of cyclic esters (lactones) is 1. The maximum atomic E-state index is 14.5. The van der Waals surface area contributed by atoms with Gasteiger partial charge in [-0.1, -0.05) is 0 Å². The zero-order valence-corrected chi connectivity index (χ0v) is 13.4. The monoisotopic (exact) mass is 334 g/mol. The Morgan fingerprint density at radius 1 is 1.42 bits per heavy atom. The second kappa shape index (κ2) is 6.90. The van der Waals surface area contributed by atoms with Crippen LogP contribution in [-0.2, 0) is 14.3 Å². The summed E-state index contributed by atoms with van der Waals surface area (Å²) >= 11 is 0. The van der Waals surface area contributed by atoms with Gasteiger partial charge in [0.1, 0.15) is 18.2 Å². The molecule has 1 aromatic carbocycles. The van der Waals surface area contributed by atoms with Crippen molar-refractivity contribution >= 4 is 23.4 Å². The molecule has 0 saturated carbocycles. The highest BCUT2D eigenvalue weighted by Crippen LogP contribution is 2.29. The van der Waals surface area contributed by atoms with Gasteiger partial charge in [0.15, 0.2) is 0 Å². The Balaban J connectivity index is 1.82. The van der Waals surface area contributed by atoms with Crippen molar-refractivity contribution in [3.8, 4) is 0 Å². The molecule has 24 heavy (non-hydrogen) atoms. The van der Waals surface area contributed by atoms with E-state index in [9.17, 15) is 14.0 Å². The predicted octanol–water partition coefficient (Wildman–Crippen LogP) is 2.44. The second-order valence-corrected chi connectivity index (χ2v) is 5.76. The van der Waals surface area contributed by atoms with Gasteiger partial charge in [-0.2, -0.15) is 0 Å². The molecule has 1 saturated heterocycles. The number of benzene rings is 1. The molecule has 2 heterocycles. The molecule has 1 aromatic rings. The Morgan fingerprint density at radius 2 is 2.25 bits per heavy atom. The molecule has 0 unspecified atom stereocenters. The summed E-state index contributed by atoms with van der Waals surface area (Å²) in [5.41, 5.74) is 0.773. The normalized spacial score (nSPS) is 20.2. The predicted molar refractivity (Wildman–Crippen MR) is 85.9 cm³/mol. The van der Waals surface area contributed by atoms with Crippen LogP contribution < -0.4 is 10.2 Å². The average molecular weight is 334 g/mol. The van der Waals surface area contributed by atoms with Crippen LogP contribution in [0.3, 0.4) is 0 Å². The highest BCUT2D eigenvalue weighted by atomic mass is 19.1. The SMILES string of the molecule is CC(=O)NC[C@H]1COC(=O)N1c1ccc(C2=CCCCO2)c(F)c1. The molecule has 2 aliphatic heterocycles. The molecule has 0 aromatic heterocycles. The standard InChI is InChI=1S/C17H19FN2O4/c1-11(21)19-9-13-10-24-17(22)20(13)12-5-6-14(15(18)8-12)16-4-2-3-7-23-16/h4-6,8,13H,2-3,7,9-10H2,1H3,(H,19,21)/t13-/m0/s1. The van der Waals surface area contributed by atoms with Gasteiger partial charge in [-0.25, -0.2) is 9.18 Å². The number of ether oxygens (including phenoxy) is 2. The fraction of sp³-hybridized carbons (Fsp3) is 0.412. The summed E-state index contributed by atoms with van der Waals surface area (Å²) < 4.78 is 25.0. The van der Waals surface area contributed by atoms with Gasteiger partial charge in [-0.3, -0.25) is 9.69 Å². The van der Waals surface area contributed by atoms with Crippen LogP contribution in [0.1, 0.15) is 25.3 Å². The Hall–Kier alpha value is -2.57. The van der Waals surface area contributed by atoms with Gasteiger partial charge < -0.3 is 14.8 Å².